The van der Waals surface area contributed by atoms with Crippen molar-refractivity contribution in [1.82, 2.24) is 0 Å². The summed E-state index contributed by atoms with van der Waals surface area (Å²) in [5.74, 6) is 0.0310. The van der Waals surface area contributed by atoms with E-state index in [4.69, 9.17) is 9.47 Å². The number of carbonyl (C=O) groups excluding carboxylic acids is 2. The second kappa shape index (κ2) is 5.25. The van der Waals surface area contributed by atoms with Crippen molar-refractivity contribution in [2.45, 2.75) is 50.5 Å². The van der Waals surface area contributed by atoms with Crippen molar-refractivity contribution in [3.63, 3.8) is 0 Å². The lowest BCUT2D eigenvalue weighted by atomic mass is 9.42. The Hall–Kier alpha value is -2.62. The van der Waals surface area contributed by atoms with Gasteiger partial charge in [0.05, 0.1) is 18.4 Å². The quantitative estimate of drug-likeness (QED) is 0.740. The zero-order valence-corrected chi connectivity index (χ0v) is 16.7. The molecule has 4 aliphatic rings. The van der Waals surface area contributed by atoms with Gasteiger partial charge >= 0.3 is 5.97 Å². The first-order valence-corrected chi connectivity index (χ1v) is 9.98. The van der Waals surface area contributed by atoms with Gasteiger partial charge < -0.3 is 9.47 Å². The molecule has 28 heavy (non-hydrogen) atoms. The van der Waals surface area contributed by atoms with Crippen LogP contribution in [0.25, 0.3) is 0 Å². The summed E-state index contributed by atoms with van der Waals surface area (Å²) in [6, 6.07) is 13.7. The average molecular weight is 376 g/mol. The van der Waals surface area contributed by atoms with Crippen LogP contribution in [0, 0.1) is 5.41 Å². The van der Waals surface area contributed by atoms with E-state index in [9.17, 15) is 9.59 Å². The van der Waals surface area contributed by atoms with Gasteiger partial charge in [0.15, 0.2) is 5.78 Å². The Morgan fingerprint density at radius 2 is 1.79 bits per heavy atom. The van der Waals surface area contributed by atoms with Crippen molar-refractivity contribution in [2.24, 2.45) is 5.41 Å². The van der Waals surface area contributed by atoms with Crippen molar-refractivity contribution >= 4 is 11.8 Å². The minimum absolute atomic E-state index is 0.0697. The Bertz CT molecular complexity index is 1040. The minimum Gasteiger partial charge on any atom is -0.497 e. The second-order valence-corrected chi connectivity index (χ2v) is 8.30. The van der Waals surface area contributed by atoms with E-state index in [2.05, 4.69) is 6.92 Å². The topological polar surface area (TPSA) is 52.6 Å². The first-order chi connectivity index (χ1) is 13.4. The number of rotatable bonds is 3. The van der Waals surface area contributed by atoms with Gasteiger partial charge in [0.25, 0.3) is 0 Å². The van der Waals surface area contributed by atoms with Gasteiger partial charge in [-0.15, -0.1) is 0 Å². The Morgan fingerprint density at radius 3 is 2.46 bits per heavy atom. The number of ether oxygens (including phenoxy) is 2. The predicted octanol–water partition coefficient (Wildman–Crippen LogP) is 4.51. The molecule has 2 heterocycles. The standard InChI is InChI=1S/C24H24O4/c1-5-23-18-12-11-14(27-4)13-16(18)20(25)24(23,6-2)22(3)17-10-8-7-9-15(17)19(23)21(26)28-22/h7-13,19H,5-6H2,1-4H3/t19-,22-,23-,24+/m0/s1. The third-order valence-electron chi connectivity index (χ3n) is 7.82. The Balaban J connectivity index is 1.96. The van der Waals surface area contributed by atoms with E-state index < -0.39 is 22.3 Å². The summed E-state index contributed by atoms with van der Waals surface area (Å²) in [6.07, 6.45) is 1.29. The molecule has 2 aromatic carbocycles. The number of carbonyl (C=O) groups is 2. The van der Waals surface area contributed by atoms with E-state index in [-0.39, 0.29) is 11.8 Å². The maximum Gasteiger partial charge on any atom is 0.315 e. The first kappa shape index (κ1) is 17.5. The monoisotopic (exact) mass is 376 g/mol. The van der Waals surface area contributed by atoms with Crippen molar-refractivity contribution in [3.05, 3.63) is 64.7 Å². The fraction of sp³-hybridized carbons (Fsp3) is 0.417. The molecule has 0 N–H and O–H groups in total. The predicted molar refractivity (Wildman–Crippen MR) is 105 cm³/mol. The average Bonchev–Trinajstić information content (AvgIpc) is 2.94. The van der Waals surface area contributed by atoms with Gasteiger partial charge in [-0.05, 0) is 43.0 Å². The van der Waals surface area contributed by atoms with Crippen LogP contribution in [0.4, 0.5) is 0 Å². The summed E-state index contributed by atoms with van der Waals surface area (Å²) in [7, 11) is 1.60. The first-order valence-electron chi connectivity index (χ1n) is 9.98. The molecular weight excluding hydrogens is 352 g/mol. The van der Waals surface area contributed by atoms with E-state index in [1.807, 2.05) is 56.3 Å². The molecule has 0 unspecified atom stereocenters. The summed E-state index contributed by atoms with van der Waals surface area (Å²) in [4.78, 5) is 27.4. The smallest absolute Gasteiger partial charge is 0.315 e. The highest BCUT2D eigenvalue weighted by molar-refractivity contribution is 6.11. The van der Waals surface area contributed by atoms with E-state index >= 15 is 0 Å². The molecule has 0 aromatic heterocycles. The summed E-state index contributed by atoms with van der Waals surface area (Å²) in [5, 5.41) is 0. The normalized spacial score (nSPS) is 34.5. The molecule has 0 radical (unpaired) electrons. The molecule has 2 aromatic rings. The number of benzene rings is 2. The summed E-state index contributed by atoms with van der Waals surface area (Å²) < 4.78 is 11.5. The highest BCUT2D eigenvalue weighted by Gasteiger charge is 2.80. The summed E-state index contributed by atoms with van der Waals surface area (Å²) >= 11 is 0. The van der Waals surface area contributed by atoms with Crippen LogP contribution in [-0.2, 0) is 20.5 Å². The van der Waals surface area contributed by atoms with Crippen molar-refractivity contribution in [1.29, 1.82) is 0 Å². The number of hydrogen-bond donors (Lipinski definition) is 0. The van der Waals surface area contributed by atoms with Gasteiger partial charge in [-0.25, -0.2) is 0 Å². The third kappa shape index (κ3) is 1.50. The zero-order valence-electron chi connectivity index (χ0n) is 16.7. The molecule has 4 nitrogen and oxygen atoms in total. The molecule has 144 valence electrons. The highest BCUT2D eigenvalue weighted by Crippen LogP contribution is 2.75. The zero-order chi connectivity index (χ0) is 19.9. The fourth-order valence-electron chi connectivity index (χ4n) is 6.85. The molecule has 1 fully saturated rings. The van der Waals surface area contributed by atoms with Crippen LogP contribution < -0.4 is 4.74 Å². The number of hydrogen-bond acceptors (Lipinski definition) is 4. The van der Waals surface area contributed by atoms with Crippen molar-refractivity contribution in [3.8, 4) is 5.75 Å². The van der Waals surface area contributed by atoms with Crippen LogP contribution in [0.3, 0.4) is 0 Å². The van der Waals surface area contributed by atoms with Gasteiger partial charge in [-0.1, -0.05) is 44.2 Å². The van der Waals surface area contributed by atoms with E-state index in [1.165, 1.54) is 0 Å². The van der Waals surface area contributed by atoms with Crippen LogP contribution in [-0.4, -0.2) is 18.9 Å². The maximum absolute atomic E-state index is 14.1. The Labute approximate surface area is 164 Å². The van der Waals surface area contributed by atoms with Crippen LogP contribution in [0.1, 0.15) is 66.6 Å². The molecule has 0 amide bonds. The lowest BCUT2D eigenvalue weighted by molar-refractivity contribution is -0.213. The van der Waals surface area contributed by atoms with Crippen molar-refractivity contribution < 1.29 is 19.1 Å². The van der Waals surface area contributed by atoms with Gasteiger partial charge in [0.2, 0.25) is 0 Å². The van der Waals surface area contributed by atoms with Crippen molar-refractivity contribution in [2.75, 3.05) is 7.11 Å². The lowest BCUT2D eigenvalue weighted by Gasteiger charge is -2.64. The summed E-state index contributed by atoms with van der Waals surface area (Å²) in [5.41, 5.74) is 1.18. The number of methoxy groups -OCH3 is 1. The summed E-state index contributed by atoms with van der Waals surface area (Å²) in [6.45, 7) is 6.08. The lowest BCUT2D eigenvalue weighted by Crippen LogP contribution is -2.69. The van der Waals surface area contributed by atoms with Crippen LogP contribution >= 0.6 is 0 Å². The van der Waals surface area contributed by atoms with Gasteiger partial charge in [-0.2, -0.15) is 0 Å². The molecule has 4 atom stereocenters. The fourth-order valence-corrected chi connectivity index (χ4v) is 6.85. The number of esters is 1. The number of fused-ring (bicyclic) bond motifs is 2. The minimum atomic E-state index is -0.997. The molecule has 6 rings (SSSR count). The van der Waals surface area contributed by atoms with Gasteiger partial charge in [-0.3, -0.25) is 9.59 Å². The Kier molecular flexibility index (Phi) is 3.28. The largest absolute Gasteiger partial charge is 0.497 e. The van der Waals surface area contributed by atoms with Crippen LogP contribution in [0.2, 0.25) is 0 Å². The second-order valence-electron chi connectivity index (χ2n) is 8.30. The van der Waals surface area contributed by atoms with Crippen LogP contribution in [0.15, 0.2) is 42.5 Å². The third-order valence-corrected chi connectivity index (χ3v) is 7.82. The highest BCUT2D eigenvalue weighted by atomic mass is 16.6. The SMILES string of the molecule is CC[C@]12C(=O)c3cc(OC)ccc3[C@@]1(CC)[C@@H]1C(=O)O[C@@]2(C)c2ccccc21. The molecule has 2 aliphatic carbocycles. The molecule has 0 spiro atoms. The molecule has 2 aliphatic heterocycles. The van der Waals surface area contributed by atoms with E-state index in [0.717, 1.165) is 16.7 Å². The van der Waals surface area contributed by atoms with Gasteiger partial charge in [0, 0.05) is 16.5 Å². The molecular formula is C24H24O4. The van der Waals surface area contributed by atoms with Crippen LogP contribution in [0.5, 0.6) is 5.75 Å². The van der Waals surface area contributed by atoms with Gasteiger partial charge in [0.1, 0.15) is 11.4 Å². The number of ketones is 1. The molecule has 0 saturated carbocycles. The van der Waals surface area contributed by atoms with E-state index in [1.54, 1.807) is 7.11 Å². The molecule has 1 saturated heterocycles. The van der Waals surface area contributed by atoms with E-state index in [0.29, 0.717) is 24.2 Å². The Morgan fingerprint density at radius 1 is 1.04 bits per heavy atom. The maximum atomic E-state index is 14.1. The molecule has 2 bridgehead atoms. The number of Topliss-reactive ketones (excluding diaryl/α,β-unsaturated/α-hetero) is 1. The molecule has 4 heteroatoms.